The van der Waals surface area contributed by atoms with E-state index < -0.39 is 0 Å². The minimum absolute atomic E-state index is 0.487. The molecule has 0 saturated heterocycles. The topological polar surface area (TPSA) is 3.24 Å². The van der Waals surface area contributed by atoms with Crippen LogP contribution in [-0.4, -0.2) is 24.5 Å². The summed E-state index contributed by atoms with van der Waals surface area (Å²) in [5, 5.41) is 0. The van der Waals surface area contributed by atoms with Crippen LogP contribution in [-0.2, 0) is 0 Å². The Labute approximate surface area is 91.9 Å². The number of nitrogens with zero attached hydrogens (tertiary/aromatic N) is 1. The van der Waals surface area contributed by atoms with Crippen molar-refractivity contribution in [3.05, 3.63) is 0 Å². The van der Waals surface area contributed by atoms with Crippen molar-refractivity contribution in [1.29, 1.82) is 0 Å². The normalized spacial score (nSPS) is 11.1. The van der Waals surface area contributed by atoms with Gasteiger partial charge in [0.25, 0.3) is 0 Å². The summed E-state index contributed by atoms with van der Waals surface area (Å²) in [7, 11) is 0. The summed E-state index contributed by atoms with van der Waals surface area (Å²) in [6.45, 7) is 19.1. The molecule has 14 heavy (non-hydrogen) atoms. The third-order valence-electron chi connectivity index (χ3n) is 2.17. The second kappa shape index (κ2) is 9.51. The van der Waals surface area contributed by atoms with E-state index in [1.54, 1.807) is 0 Å². The van der Waals surface area contributed by atoms with E-state index in [1.165, 1.54) is 32.5 Å². The fraction of sp³-hybridized carbons (Fsp3) is 1.00. The fourth-order valence-corrected chi connectivity index (χ4v) is 1.24. The smallest absolute Gasteiger partial charge is 0.00139 e. The predicted octanol–water partition coefficient (Wildman–Crippen LogP) is 4.18. The first kappa shape index (κ1) is 16.4. The molecule has 0 unspecified atom stereocenters. The van der Waals surface area contributed by atoms with Crippen molar-refractivity contribution in [2.24, 2.45) is 5.41 Å². The average Bonchev–Trinajstić information content (AvgIpc) is 2.14. The molecular weight excluding hydrogens is 170 g/mol. The first-order chi connectivity index (χ1) is 6.49. The monoisotopic (exact) mass is 201 g/mol. The lowest BCUT2D eigenvalue weighted by Gasteiger charge is -2.25. The van der Waals surface area contributed by atoms with Crippen LogP contribution >= 0.6 is 0 Å². The van der Waals surface area contributed by atoms with Crippen LogP contribution in [0.5, 0.6) is 0 Å². The molecule has 0 N–H and O–H groups in total. The van der Waals surface area contributed by atoms with E-state index in [2.05, 4.69) is 39.5 Å². The Kier molecular flexibility index (Phi) is 11.1. The van der Waals surface area contributed by atoms with Gasteiger partial charge in [-0.1, -0.05) is 48.5 Å². The van der Waals surface area contributed by atoms with Gasteiger partial charge in [-0.3, -0.25) is 0 Å². The molecule has 0 aromatic carbocycles. The highest BCUT2D eigenvalue weighted by atomic mass is 15.1. The van der Waals surface area contributed by atoms with Crippen LogP contribution in [0.15, 0.2) is 0 Å². The van der Waals surface area contributed by atoms with Crippen molar-refractivity contribution in [2.75, 3.05) is 19.6 Å². The van der Waals surface area contributed by atoms with Crippen molar-refractivity contribution in [1.82, 2.24) is 4.90 Å². The molecule has 0 amide bonds. The van der Waals surface area contributed by atoms with Gasteiger partial charge in [0.15, 0.2) is 0 Å². The molecule has 0 aromatic rings. The van der Waals surface area contributed by atoms with Crippen LogP contribution in [0.2, 0.25) is 0 Å². The van der Waals surface area contributed by atoms with E-state index in [1.807, 2.05) is 13.8 Å². The van der Waals surface area contributed by atoms with Gasteiger partial charge in [-0.25, -0.2) is 0 Å². The van der Waals surface area contributed by atoms with Crippen molar-refractivity contribution >= 4 is 0 Å². The van der Waals surface area contributed by atoms with Gasteiger partial charge in [-0.15, -0.1) is 0 Å². The summed E-state index contributed by atoms with van der Waals surface area (Å²) in [4.78, 5) is 2.53. The second-order valence-corrected chi connectivity index (χ2v) is 4.74. The van der Waals surface area contributed by atoms with Crippen molar-refractivity contribution in [3.63, 3.8) is 0 Å². The van der Waals surface area contributed by atoms with Gasteiger partial charge in [0.1, 0.15) is 0 Å². The summed E-state index contributed by atoms with van der Waals surface area (Å²) < 4.78 is 0. The maximum atomic E-state index is 2.53. The molecule has 0 aromatic heterocycles. The number of rotatable bonds is 5. The molecule has 0 atom stereocenters. The molecule has 0 aliphatic carbocycles. The molecule has 0 spiro atoms. The van der Waals surface area contributed by atoms with Crippen molar-refractivity contribution in [3.8, 4) is 0 Å². The van der Waals surface area contributed by atoms with Crippen LogP contribution in [0.1, 0.15) is 61.3 Å². The molecule has 0 fully saturated rings. The van der Waals surface area contributed by atoms with Gasteiger partial charge in [0.2, 0.25) is 0 Å². The fourth-order valence-electron chi connectivity index (χ4n) is 1.24. The minimum Gasteiger partial charge on any atom is -0.304 e. The molecule has 1 heteroatoms. The van der Waals surface area contributed by atoms with E-state index in [0.717, 1.165) is 0 Å². The lowest BCUT2D eigenvalue weighted by atomic mass is 9.92. The van der Waals surface area contributed by atoms with E-state index in [9.17, 15) is 0 Å². The lowest BCUT2D eigenvalue weighted by molar-refractivity contribution is 0.237. The SMILES string of the molecule is CC.CCCN(CC)CCC(C)(C)C. The summed E-state index contributed by atoms with van der Waals surface area (Å²) in [6.07, 6.45) is 2.58. The zero-order valence-corrected chi connectivity index (χ0v) is 11.5. The standard InChI is InChI=1S/C11H25N.C2H6/c1-6-9-12(7-2)10-8-11(3,4)5;1-2/h6-10H2,1-5H3;1-2H3. The Balaban J connectivity index is 0. The summed E-state index contributed by atoms with van der Waals surface area (Å²) in [5.74, 6) is 0. The molecule has 88 valence electrons. The van der Waals surface area contributed by atoms with Gasteiger partial charge in [-0.05, 0) is 37.9 Å². The Hall–Kier alpha value is -0.0400. The predicted molar refractivity (Wildman–Crippen MR) is 67.8 cm³/mol. The van der Waals surface area contributed by atoms with Crippen molar-refractivity contribution < 1.29 is 0 Å². The third kappa shape index (κ3) is 12.0. The largest absolute Gasteiger partial charge is 0.304 e. The average molecular weight is 201 g/mol. The van der Waals surface area contributed by atoms with Gasteiger partial charge < -0.3 is 4.90 Å². The van der Waals surface area contributed by atoms with Gasteiger partial charge >= 0.3 is 0 Å². The van der Waals surface area contributed by atoms with Gasteiger partial charge in [-0.2, -0.15) is 0 Å². The minimum atomic E-state index is 0.487. The van der Waals surface area contributed by atoms with Gasteiger partial charge in [0, 0.05) is 0 Å². The maximum Gasteiger partial charge on any atom is -0.00139 e. The number of hydrogen-bond acceptors (Lipinski definition) is 1. The van der Waals surface area contributed by atoms with Crippen LogP contribution in [0.3, 0.4) is 0 Å². The second-order valence-electron chi connectivity index (χ2n) is 4.74. The molecule has 0 saturated carbocycles. The highest BCUT2D eigenvalue weighted by Gasteiger charge is 2.11. The maximum absolute atomic E-state index is 2.53. The molecule has 0 rings (SSSR count). The molecule has 0 radical (unpaired) electrons. The van der Waals surface area contributed by atoms with E-state index in [-0.39, 0.29) is 0 Å². The third-order valence-corrected chi connectivity index (χ3v) is 2.17. The first-order valence-corrected chi connectivity index (χ1v) is 6.22. The molecular formula is C13H31N. The van der Waals surface area contributed by atoms with Crippen LogP contribution in [0, 0.1) is 5.41 Å². The van der Waals surface area contributed by atoms with Crippen LogP contribution in [0.4, 0.5) is 0 Å². The van der Waals surface area contributed by atoms with Crippen LogP contribution < -0.4 is 0 Å². The zero-order chi connectivity index (χ0) is 11.6. The Morgan fingerprint density at radius 3 is 1.71 bits per heavy atom. The molecule has 1 nitrogen and oxygen atoms in total. The summed E-state index contributed by atoms with van der Waals surface area (Å²) in [6, 6.07) is 0. The molecule has 0 bridgehead atoms. The zero-order valence-electron chi connectivity index (χ0n) is 11.5. The Bertz CT molecular complexity index is 102. The molecule has 0 aliphatic rings. The lowest BCUT2D eigenvalue weighted by Crippen LogP contribution is -2.28. The quantitative estimate of drug-likeness (QED) is 0.645. The number of hydrogen-bond donors (Lipinski definition) is 0. The van der Waals surface area contributed by atoms with E-state index in [0.29, 0.717) is 5.41 Å². The Morgan fingerprint density at radius 1 is 0.929 bits per heavy atom. The van der Waals surface area contributed by atoms with Crippen molar-refractivity contribution in [2.45, 2.75) is 61.3 Å². The molecule has 0 heterocycles. The van der Waals surface area contributed by atoms with Crippen LogP contribution in [0.25, 0.3) is 0 Å². The summed E-state index contributed by atoms with van der Waals surface area (Å²) in [5.41, 5.74) is 0.487. The highest BCUT2D eigenvalue weighted by Crippen LogP contribution is 2.18. The Morgan fingerprint density at radius 2 is 1.43 bits per heavy atom. The van der Waals surface area contributed by atoms with E-state index >= 15 is 0 Å². The highest BCUT2D eigenvalue weighted by molar-refractivity contribution is 4.65. The summed E-state index contributed by atoms with van der Waals surface area (Å²) >= 11 is 0. The van der Waals surface area contributed by atoms with E-state index in [4.69, 9.17) is 0 Å². The first-order valence-electron chi connectivity index (χ1n) is 6.22. The van der Waals surface area contributed by atoms with Gasteiger partial charge in [0.05, 0.1) is 0 Å². The molecule has 0 aliphatic heterocycles.